The third-order valence-corrected chi connectivity index (χ3v) is 28.5. The molecule has 0 radical (unpaired) electrons. The van der Waals surface area contributed by atoms with Crippen molar-refractivity contribution in [2.24, 2.45) is 0 Å². The first-order valence-electron chi connectivity index (χ1n) is 50.2. The highest BCUT2D eigenvalue weighted by Crippen LogP contribution is 2.48. The second-order valence-electron chi connectivity index (χ2n) is 37.4. The van der Waals surface area contributed by atoms with E-state index in [1.54, 1.807) is 0 Å². The minimum atomic E-state index is 0.615. The van der Waals surface area contributed by atoms with E-state index in [4.69, 9.17) is 28.2 Å². The van der Waals surface area contributed by atoms with Crippen LogP contribution in [0.25, 0.3) is 205 Å². The van der Waals surface area contributed by atoms with Crippen LogP contribution in [0.4, 0.5) is 51.2 Å². The number of anilines is 9. The SMILES string of the molecule is c1ccc(-c2ccc(N(c3ccc(-c4nc5ccccc5o4)cc3)c3ccc4c(c3)c3ccccc3n4-c3ccccc3)cc2)cc1.c1ccc(-n2c3ccccc3c3cc(N(c4ccc(-c5ccc6ccccc6c5)cc4)c4ccc(-c5nc6ccccc6o5)cc4)ccc32)cc1.c1ccc(-n2c3ccccc3c3cc(N(c4ccc(-c5nc6ccccc6o5)cc4)c4ccc(-c5cccc6ccccc56)cc4)ccc32)cc1. The Morgan fingerprint density at radius 2 is 0.416 bits per heavy atom. The molecule has 0 N–H and O–H groups in total. The summed E-state index contributed by atoms with van der Waals surface area (Å²) in [7, 11) is 0. The lowest BCUT2D eigenvalue weighted by molar-refractivity contribution is 0.619. The highest BCUT2D eigenvalue weighted by molar-refractivity contribution is 6.14. The first-order valence-corrected chi connectivity index (χ1v) is 50.2. The highest BCUT2D eigenvalue weighted by Gasteiger charge is 2.26. The van der Waals surface area contributed by atoms with Gasteiger partial charge < -0.3 is 41.7 Å². The Morgan fingerprint density at radius 3 is 0.785 bits per heavy atom. The van der Waals surface area contributed by atoms with Crippen molar-refractivity contribution in [3.05, 3.63) is 552 Å². The molecule has 12 nitrogen and oxygen atoms in total. The molecule has 6 aromatic heterocycles. The van der Waals surface area contributed by atoms with Gasteiger partial charge in [0.25, 0.3) is 0 Å². The van der Waals surface area contributed by atoms with Gasteiger partial charge >= 0.3 is 0 Å². The molecule has 12 heteroatoms. The van der Waals surface area contributed by atoms with Crippen LogP contribution in [0.5, 0.6) is 0 Å². The van der Waals surface area contributed by atoms with Gasteiger partial charge in [0.2, 0.25) is 17.7 Å². The Kier molecular flexibility index (Phi) is 22.3. The molecule has 6 heterocycles. The number of aromatic nitrogens is 6. The molecule has 0 amide bonds. The molecule has 0 aliphatic rings. The quantitative estimate of drug-likeness (QED) is 0.0831. The second-order valence-corrected chi connectivity index (χ2v) is 37.4. The molecule has 0 aliphatic carbocycles. The minimum Gasteiger partial charge on any atom is -0.436 e. The molecule has 149 heavy (non-hydrogen) atoms. The Morgan fingerprint density at radius 1 is 0.154 bits per heavy atom. The van der Waals surface area contributed by atoms with Crippen LogP contribution in [0.15, 0.2) is 565 Å². The smallest absolute Gasteiger partial charge is 0.227 e. The van der Waals surface area contributed by atoms with Gasteiger partial charge in [-0.25, -0.2) is 15.0 Å². The van der Waals surface area contributed by atoms with Crippen LogP contribution in [0.3, 0.4) is 0 Å². The Balaban J connectivity index is 0.000000110. The van der Waals surface area contributed by atoms with E-state index in [2.05, 4.69) is 508 Å². The summed E-state index contributed by atoms with van der Waals surface area (Å²) in [6.07, 6.45) is 0. The van der Waals surface area contributed by atoms with Crippen molar-refractivity contribution in [2.45, 2.75) is 0 Å². The van der Waals surface area contributed by atoms with E-state index in [0.717, 1.165) is 118 Å². The molecule has 0 aliphatic heterocycles. The molecule has 0 bridgehead atoms. The normalized spacial score (nSPS) is 11.5. The minimum absolute atomic E-state index is 0.615. The van der Waals surface area contributed by atoms with Crippen molar-refractivity contribution >= 4 is 171 Å². The summed E-state index contributed by atoms with van der Waals surface area (Å²) >= 11 is 0. The molecule has 0 unspecified atom stereocenters. The largest absolute Gasteiger partial charge is 0.436 e. The summed E-state index contributed by atoms with van der Waals surface area (Å²) in [5.74, 6) is 1.85. The van der Waals surface area contributed by atoms with Crippen LogP contribution in [0, 0.1) is 0 Å². The van der Waals surface area contributed by atoms with E-state index in [0.29, 0.717) is 17.7 Å². The average molecular weight is 1910 g/mol. The first-order chi connectivity index (χ1) is 73.8. The molecule has 0 spiro atoms. The predicted octanol–water partition coefficient (Wildman–Crippen LogP) is 37.5. The molecule has 29 rings (SSSR count). The molecule has 0 atom stereocenters. The van der Waals surface area contributed by atoms with Crippen LogP contribution in [-0.4, -0.2) is 28.7 Å². The summed E-state index contributed by atoms with van der Waals surface area (Å²) in [6.45, 7) is 0. The van der Waals surface area contributed by atoms with Crippen LogP contribution in [-0.2, 0) is 0 Å². The lowest BCUT2D eigenvalue weighted by Gasteiger charge is -2.26. The van der Waals surface area contributed by atoms with E-state index in [1.165, 1.54) is 120 Å². The van der Waals surface area contributed by atoms with Gasteiger partial charge in [-0.05, 0) is 316 Å². The number of rotatable bonds is 18. The van der Waals surface area contributed by atoms with Crippen LogP contribution >= 0.6 is 0 Å². The van der Waals surface area contributed by atoms with E-state index < -0.39 is 0 Å². The van der Waals surface area contributed by atoms with E-state index >= 15 is 0 Å². The fourth-order valence-corrected chi connectivity index (χ4v) is 21.3. The van der Waals surface area contributed by atoms with Gasteiger partial charge in [0.05, 0.1) is 33.1 Å². The van der Waals surface area contributed by atoms with Crippen LogP contribution in [0.2, 0.25) is 0 Å². The van der Waals surface area contributed by atoms with Crippen molar-refractivity contribution in [2.75, 3.05) is 14.7 Å². The molecule has 29 aromatic rings. The maximum atomic E-state index is 6.11. The Labute approximate surface area is 858 Å². The standard InChI is InChI=1S/2C47H31N3O.C43H29N3O/c1-2-13-35(14-3-1)50-44-19-8-6-16-41(44)42-31-38(29-30-45(42)50)49(37-27-23-34(24-28-37)47-48-43-18-7-9-20-46(43)51-47)36-25-21-33(22-26-36)40-17-10-12-32-11-4-5-15-39(32)40;1-2-12-37(13-3-1)50-44-16-8-6-14-41(44)42-31-40(28-29-45(42)50)49(39-26-22-34(23-27-39)47-48-43-15-7-9-17-46(43)51-47)38-24-20-33(21-25-38)36-19-18-32-10-4-5-11-35(32)30-36;1-3-11-30(12-4-1)31-19-23-34(24-20-31)45(35-25-21-32(22-26-35)43-44-39-16-8-10-18-42(39)47-43)36-27-28-41-38(29-36)37-15-7-9-17-40(37)46(41)33-13-5-2-6-14-33/h2*1-31H;1-29H. The number of benzene rings is 23. The highest BCUT2D eigenvalue weighted by atomic mass is 16.4. The Bertz CT molecular complexity index is 9910. The fraction of sp³-hybridized carbons (Fsp3) is 0. The van der Waals surface area contributed by atoms with Gasteiger partial charge in [-0.15, -0.1) is 0 Å². The van der Waals surface area contributed by atoms with E-state index in [9.17, 15) is 0 Å². The number of oxazole rings is 3. The summed E-state index contributed by atoms with van der Waals surface area (Å²) in [5.41, 5.74) is 35.0. The van der Waals surface area contributed by atoms with Gasteiger partial charge in [0.15, 0.2) is 16.7 Å². The van der Waals surface area contributed by atoms with E-state index in [1.807, 2.05) is 72.8 Å². The third kappa shape index (κ3) is 16.5. The molecular formula is C137H91N9O3. The van der Waals surface area contributed by atoms with Crippen LogP contribution < -0.4 is 14.7 Å². The molecular weight excluding hydrogens is 1820 g/mol. The number of hydrogen-bond donors (Lipinski definition) is 0. The lowest BCUT2D eigenvalue weighted by atomic mass is 9.98. The number of para-hydroxylation sites is 12. The zero-order valence-electron chi connectivity index (χ0n) is 80.8. The lowest BCUT2D eigenvalue weighted by Crippen LogP contribution is -2.10. The zero-order chi connectivity index (χ0) is 98.6. The van der Waals surface area contributed by atoms with Gasteiger partial charge in [-0.1, -0.05) is 291 Å². The third-order valence-electron chi connectivity index (χ3n) is 28.5. The van der Waals surface area contributed by atoms with Crippen molar-refractivity contribution in [3.63, 3.8) is 0 Å². The average Bonchev–Trinajstić information content (AvgIpc) is 1.59. The summed E-state index contributed by atoms with van der Waals surface area (Å²) in [5, 5.41) is 12.2. The second kappa shape index (κ2) is 37.9. The van der Waals surface area contributed by atoms with E-state index in [-0.39, 0.29) is 0 Å². The van der Waals surface area contributed by atoms with Gasteiger partial charge in [-0.3, -0.25) is 0 Å². The van der Waals surface area contributed by atoms with Crippen molar-refractivity contribution in [3.8, 4) is 84.8 Å². The summed E-state index contributed by atoms with van der Waals surface area (Å²) < 4.78 is 25.4. The summed E-state index contributed by atoms with van der Waals surface area (Å²) in [4.78, 5) is 21.2. The number of nitrogens with zero attached hydrogens (tertiary/aromatic N) is 9. The molecule has 0 saturated heterocycles. The summed E-state index contributed by atoms with van der Waals surface area (Å²) in [6, 6.07) is 195. The molecule has 0 saturated carbocycles. The topological polar surface area (TPSA) is 103 Å². The number of fused-ring (bicyclic) bond motifs is 14. The van der Waals surface area contributed by atoms with Crippen molar-refractivity contribution < 1.29 is 13.3 Å². The van der Waals surface area contributed by atoms with Crippen molar-refractivity contribution in [1.82, 2.24) is 28.7 Å². The molecule has 23 aromatic carbocycles. The Hall–Kier alpha value is -20.2. The molecule has 702 valence electrons. The maximum Gasteiger partial charge on any atom is 0.227 e. The monoisotopic (exact) mass is 1910 g/mol. The first kappa shape index (κ1) is 87.8. The maximum absolute atomic E-state index is 6.11. The van der Waals surface area contributed by atoms with Gasteiger partial charge in [-0.2, -0.15) is 0 Å². The number of hydrogen-bond acceptors (Lipinski definition) is 9. The van der Waals surface area contributed by atoms with Gasteiger partial charge in [0, 0.05) is 117 Å². The predicted molar refractivity (Wildman–Crippen MR) is 617 cm³/mol. The van der Waals surface area contributed by atoms with Crippen molar-refractivity contribution in [1.29, 1.82) is 0 Å². The zero-order valence-corrected chi connectivity index (χ0v) is 80.8. The van der Waals surface area contributed by atoms with Crippen LogP contribution in [0.1, 0.15) is 0 Å². The fourth-order valence-electron chi connectivity index (χ4n) is 21.3. The molecule has 0 fully saturated rings. The van der Waals surface area contributed by atoms with Gasteiger partial charge in [0.1, 0.15) is 16.6 Å².